The predicted octanol–water partition coefficient (Wildman–Crippen LogP) is 1.55. The van der Waals surface area contributed by atoms with Gasteiger partial charge in [-0.25, -0.2) is 9.79 Å². The number of amides is 2. The van der Waals surface area contributed by atoms with Crippen molar-refractivity contribution in [3.63, 3.8) is 0 Å². The molecule has 1 aliphatic heterocycles. The molecule has 134 valence electrons. The molecule has 1 saturated carbocycles. The number of aliphatic imine (C=N–C) groups is 2. The topological polar surface area (TPSA) is 126 Å². The minimum Gasteiger partial charge on any atom is -0.369 e. The first-order chi connectivity index (χ1) is 11.8. The summed E-state index contributed by atoms with van der Waals surface area (Å²) < 4.78 is 0.942. The van der Waals surface area contributed by atoms with Crippen LogP contribution in [0.4, 0.5) is 10.5 Å². The molecule has 2 amide bonds. The molecule has 0 radical (unpaired) electrons. The number of urea groups is 1. The number of halogens is 1. The van der Waals surface area contributed by atoms with Crippen LogP contribution in [0.3, 0.4) is 0 Å². The fourth-order valence-electron chi connectivity index (χ4n) is 3.62. The minimum absolute atomic E-state index is 0.0870. The molecule has 6 N–H and O–H groups in total. The van der Waals surface area contributed by atoms with Crippen molar-refractivity contribution in [3.05, 3.63) is 28.7 Å². The van der Waals surface area contributed by atoms with Crippen molar-refractivity contribution in [3.8, 4) is 0 Å². The molecule has 9 heteroatoms. The highest BCUT2D eigenvalue weighted by Gasteiger charge is 2.45. The Morgan fingerprint density at radius 2 is 2.04 bits per heavy atom. The number of carbonyl (C=O) groups excluding carboxylic acids is 1. The maximum atomic E-state index is 11.4. The van der Waals surface area contributed by atoms with Gasteiger partial charge in [-0.05, 0) is 43.9 Å². The lowest BCUT2D eigenvalue weighted by Crippen LogP contribution is -2.60. The molecule has 0 saturated heterocycles. The molecule has 0 atom stereocenters. The van der Waals surface area contributed by atoms with Gasteiger partial charge in [-0.15, -0.1) is 0 Å². The molecule has 8 nitrogen and oxygen atoms in total. The molecule has 1 heterocycles. The Kier molecular flexibility index (Phi) is 4.59. The fourth-order valence-corrected chi connectivity index (χ4v) is 4.01. The fraction of sp³-hybridized carbons (Fsp3) is 0.438. The smallest absolute Gasteiger partial charge is 0.314 e. The SMILES string of the molecule is CN(C(N)=O)C1CCC2(CC1)N=C(N)N=C(N)N2c1cccc(Br)c1. The van der Waals surface area contributed by atoms with E-state index >= 15 is 0 Å². The van der Waals surface area contributed by atoms with Gasteiger partial charge in [-0.1, -0.05) is 22.0 Å². The van der Waals surface area contributed by atoms with E-state index in [9.17, 15) is 4.79 Å². The Hall–Kier alpha value is -2.29. The van der Waals surface area contributed by atoms with Gasteiger partial charge in [0, 0.05) is 23.2 Å². The molecule has 0 unspecified atom stereocenters. The molecule has 2 aliphatic rings. The third-order valence-corrected chi connectivity index (χ3v) is 5.41. The summed E-state index contributed by atoms with van der Waals surface area (Å²) in [6, 6.07) is 7.50. The van der Waals surface area contributed by atoms with Gasteiger partial charge >= 0.3 is 6.03 Å². The van der Waals surface area contributed by atoms with E-state index in [1.807, 2.05) is 29.2 Å². The molecular weight excluding hydrogens is 386 g/mol. The van der Waals surface area contributed by atoms with Crippen LogP contribution < -0.4 is 22.1 Å². The van der Waals surface area contributed by atoms with Gasteiger partial charge < -0.3 is 22.1 Å². The van der Waals surface area contributed by atoms with E-state index in [1.165, 1.54) is 0 Å². The molecule has 25 heavy (non-hydrogen) atoms. The monoisotopic (exact) mass is 407 g/mol. The van der Waals surface area contributed by atoms with Crippen molar-refractivity contribution < 1.29 is 4.79 Å². The van der Waals surface area contributed by atoms with Gasteiger partial charge in [0.15, 0.2) is 0 Å². The van der Waals surface area contributed by atoms with Crippen LogP contribution in [0.15, 0.2) is 38.7 Å². The molecule has 0 aromatic heterocycles. The quantitative estimate of drug-likeness (QED) is 0.686. The van der Waals surface area contributed by atoms with Crippen LogP contribution in [-0.4, -0.2) is 41.6 Å². The first-order valence-corrected chi connectivity index (χ1v) is 8.89. The van der Waals surface area contributed by atoms with Gasteiger partial charge in [0.1, 0.15) is 5.66 Å². The normalized spacial score (nSPS) is 26.2. The number of nitrogens with two attached hydrogens (primary N) is 3. The van der Waals surface area contributed by atoms with Gasteiger partial charge in [0.05, 0.1) is 0 Å². The summed E-state index contributed by atoms with van der Waals surface area (Å²) in [6.45, 7) is 0. The van der Waals surface area contributed by atoms with Gasteiger partial charge in [0.25, 0.3) is 0 Å². The lowest BCUT2D eigenvalue weighted by atomic mass is 9.83. The third-order valence-electron chi connectivity index (χ3n) is 4.91. The number of rotatable bonds is 2. The van der Waals surface area contributed by atoms with Crippen LogP contribution in [0.5, 0.6) is 0 Å². The Labute approximate surface area is 154 Å². The Morgan fingerprint density at radius 3 is 2.64 bits per heavy atom. The maximum absolute atomic E-state index is 11.4. The van der Waals surface area contributed by atoms with Crippen LogP contribution in [-0.2, 0) is 0 Å². The second-order valence-electron chi connectivity index (χ2n) is 6.42. The Balaban J connectivity index is 1.92. The van der Waals surface area contributed by atoms with Crippen molar-refractivity contribution in [1.82, 2.24) is 4.90 Å². The zero-order valence-corrected chi connectivity index (χ0v) is 15.6. The second kappa shape index (κ2) is 6.55. The number of nitrogens with zero attached hydrogens (tertiary/aromatic N) is 4. The van der Waals surface area contributed by atoms with E-state index < -0.39 is 11.7 Å². The summed E-state index contributed by atoms with van der Waals surface area (Å²) in [4.78, 5) is 23.8. The summed E-state index contributed by atoms with van der Waals surface area (Å²) in [5, 5.41) is 0. The summed E-state index contributed by atoms with van der Waals surface area (Å²) >= 11 is 3.49. The highest BCUT2D eigenvalue weighted by atomic mass is 79.9. The number of hydrogen-bond donors (Lipinski definition) is 3. The molecule has 1 aromatic carbocycles. The highest BCUT2D eigenvalue weighted by Crippen LogP contribution is 2.40. The highest BCUT2D eigenvalue weighted by molar-refractivity contribution is 9.10. The van der Waals surface area contributed by atoms with Gasteiger partial charge in [-0.3, -0.25) is 4.90 Å². The molecule has 1 spiro atoms. The van der Waals surface area contributed by atoms with Gasteiger partial charge in [-0.2, -0.15) is 4.99 Å². The van der Waals surface area contributed by atoms with Crippen molar-refractivity contribution in [2.75, 3.05) is 11.9 Å². The van der Waals surface area contributed by atoms with Crippen molar-refractivity contribution in [1.29, 1.82) is 0 Å². The standard InChI is InChI=1S/C16H22BrN7O/c1-23(15(20)25)11-5-7-16(8-6-11)22-13(18)21-14(19)24(16)12-4-2-3-10(17)9-12/h2-4,9,11H,5-8H2,1H3,(H2,20,25)(H4,18,19,21,22). The average molecular weight is 408 g/mol. The van der Waals surface area contributed by atoms with Crippen LogP contribution in [0.25, 0.3) is 0 Å². The maximum Gasteiger partial charge on any atom is 0.314 e. The predicted molar refractivity (Wildman–Crippen MR) is 102 cm³/mol. The molecule has 1 aromatic rings. The first-order valence-electron chi connectivity index (χ1n) is 8.10. The average Bonchev–Trinajstić information content (AvgIpc) is 2.54. The van der Waals surface area contributed by atoms with Gasteiger partial charge in [0.2, 0.25) is 11.9 Å². The lowest BCUT2D eigenvalue weighted by Gasteiger charge is -2.48. The van der Waals surface area contributed by atoms with Crippen LogP contribution in [0, 0.1) is 0 Å². The van der Waals surface area contributed by atoms with Crippen molar-refractivity contribution >= 4 is 39.6 Å². The Bertz CT molecular complexity index is 740. The van der Waals surface area contributed by atoms with E-state index in [0.717, 1.165) is 23.0 Å². The lowest BCUT2D eigenvalue weighted by molar-refractivity contribution is 0.160. The number of guanidine groups is 2. The van der Waals surface area contributed by atoms with Crippen LogP contribution >= 0.6 is 15.9 Å². The van der Waals surface area contributed by atoms with Crippen molar-refractivity contribution in [2.45, 2.75) is 37.4 Å². The molecular formula is C16H22BrN7O. The van der Waals surface area contributed by atoms with Crippen molar-refractivity contribution in [2.24, 2.45) is 27.2 Å². The van der Waals surface area contributed by atoms with E-state index in [0.29, 0.717) is 18.8 Å². The number of primary amides is 1. The minimum atomic E-state index is -0.592. The summed E-state index contributed by atoms with van der Waals surface area (Å²) in [6.07, 6.45) is 2.90. The largest absolute Gasteiger partial charge is 0.369 e. The molecule has 3 rings (SSSR count). The number of benzene rings is 1. The number of hydrogen-bond acceptors (Lipinski definition) is 6. The summed E-state index contributed by atoms with van der Waals surface area (Å²) in [5.41, 5.74) is 17.8. The second-order valence-corrected chi connectivity index (χ2v) is 7.33. The van der Waals surface area contributed by atoms with Crippen LogP contribution in [0.1, 0.15) is 25.7 Å². The Morgan fingerprint density at radius 1 is 1.36 bits per heavy atom. The number of anilines is 1. The van der Waals surface area contributed by atoms with E-state index in [1.54, 1.807) is 11.9 Å². The zero-order chi connectivity index (χ0) is 18.2. The molecule has 1 fully saturated rings. The summed E-state index contributed by atoms with van der Waals surface area (Å²) in [5.74, 6) is 0.512. The first kappa shape index (κ1) is 17.5. The molecule has 1 aliphatic carbocycles. The zero-order valence-electron chi connectivity index (χ0n) is 14.0. The van der Waals surface area contributed by atoms with E-state index in [-0.39, 0.29) is 12.0 Å². The third kappa shape index (κ3) is 3.28. The van der Waals surface area contributed by atoms with E-state index in [4.69, 9.17) is 17.2 Å². The summed E-state index contributed by atoms with van der Waals surface area (Å²) in [7, 11) is 1.73. The number of carbonyl (C=O) groups is 1. The molecule has 0 bridgehead atoms. The van der Waals surface area contributed by atoms with E-state index in [2.05, 4.69) is 25.9 Å². The van der Waals surface area contributed by atoms with Crippen LogP contribution in [0.2, 0.25) is 0 Å².